The molecule has 0 aliphatic heterocycles. The molecule has 0 saturated heterocycles. The molecule has 114 valence electrons. The lowest BCUT2D eigenvalue weighted by Gasteiger charge is -2.14. The molecule has 0 aliphatic carbocycles. The van der Waals surface area contributed by atoms with Gasteiger partial charge in [0.15, 0.2) is 5.71 Å². The van der Waals surface area contributed by atoms with Gasteiger partial charge >= 0.3 is 7.75 Å². The summed E-state index contributed by atoms with van der Waals surface area (Å²) in [6.45, 7) is 4.03. The number of nitrogens with one attached hydrogen (secondary N) is 1. The van der Waals surface area contributed by atoms with Crippen molar-refractivity contribution in [2.24, 2.45) is 5.16 Å². The van der Waals surface area contributed by atoms with E-state index in [1.807, 2.05) is 6.07 Å². The summed E-state index contributed by atoms with van der Waals surface area (Å²) in [6.07, 6.45) is 0. The van der Waals surface area contributed by atoms with Crippen LogP contribution in [0.1, 0.15) is 19.4 Å². The molecule has 1 rings (SSSR count). The van der Waals surface area contributed by atoms with Crippen LogP contribution in [0.5, 0.6) is 5.75 Å². The molecule has 1 aromatic carbocycles. The van der Waals surface area contributed by atoms with Gasteiger partial charge < -0.3 is 9.36 Å². The number of hydrogen-bond acceptors (Lipinski definition) is 6. The Kier molecular flexibility index (Phi) is 6.89. The van der Waals surface area contributed by atoms with E-state index in [0.29, 0.717) is 17.9 Å². The van der Waals surface area contributed by atoms with E-state index >= 15 is 0 Å². The molecule has 1 aromatic rings. The number of nitriles is 1. The maximum absolute atomic E-state index is 12.2. The summed E-state index contributed by atoms with van der Waals surface area (Å²) < 4.78 is 27.2. The summed E-state index contributed by atoms with van der Waals surface area (Å²) >= 11 is 0. The second-order valence-electron chi connectivity index (χ2n) is 3.79. The van der Waals surface area contributed by atoms with Crippen molar-refractivity contribution in [3.8, 4) is 11.8 Å². The maximum Gasteiger partial charge on any atom is 0.478 e. The number of methoxy groups -OCH3 is 1. The molecule has 21 heavy (non-hydrogen) atoms. The summed E-state index contributed by atoms with van der Waals surface area (Å²) in [7, 11) is -1.99. The average molecular weight is 311 g/mol. The highest BCUT2D eigenvalue weighted by Gasteiger charge is 2.24. The number of benzene rings is 1. The predicted molar refractivity (Wildman–Crippen MR) is 79.1 cm³/mol. The summed E-state index contributed by atoms with van der Waals surface area (Å²) in [6, 6.07) is 8.58. The van der Waals surface area contributed by atoms with Crippen molar-refractivity contribution < 1.29 is 18.5 Å². The van der Waals surface area contributed by atoms with E-state index in [9.17, 15) is 4.57 Å². The Hall–Kier alpha value is -1.87. The molecule has 1 atom stereocenters. The molecular formula is C13H18N3O4P. The lowest BCUT2D eigenvalue weighted by Crippen LogP contribution is -2.13. The zero-order chi connectivity index (χ0) is 15.7. The molecular weight excluding hydrogens is 293 g/mol. The van der Waals surface area contributed by atoms with Crippen molar-refractivity contribution in [3.05, 3.63) is 29.8 Å². The van der Waals surface area contributed by atoms with E-state index in [-0.39, 0.29) is 12.3 Å². The van der Waals surface area contributed by atoms with Crippen molar-refractivity contribution in [2.75, 3.05) is 20.3 Å². The van der Waals surface area contributed by atoms with Gasteiger partial charge in [-0.05, 0) is 31.2 Å². The first kappa shape index (κ1) is 17.2. The molecule has 0 heterocycles. The first-order valence-electron chi connectivity index (χ1n) is 6.39. The molecule has 0 bridgehead atoms. The van der Waals surface area contributed by atoms with Gasteiger partial charge in [-0.15, -0.1) is 0 Å². The summed E-state index contributed by atoms with van der Waals surface area (Å²) in [5.41, 5.74) is 0.522. The quantitative estimate of drug-likeness (QED) is 0.451. The van der Waals surface area contributed by atoms with Crippen LogP contribution in [-0.2, 0) is 13.7 Å². The Morgan fingerprint density at radius 3 is 2.52 bits per heavy atom. The second-order valence-corrected chi connectivity index (χ2v) is 5.52. The topological polar surface area (TPSA) is 92.9 Å². The molecule has 0 amide bonds. The molecule has 7 nitrogen and oxygen atoms in total. The van der Waals surface area contributed by atoms with Gasteiger partial charge in [0.25, 0.3) is 0 Å². The highest BCUT2D eigenvalue weighted by molar-refractivity contribution is 7.51. The predicted octanol–water partition coefficient (Wildman–Crippen LogP) is 2.69. The highest BCUT2D eigenvalue weighted by Crippen LogP contribution is 2.43. The van der Waals surface area contributed by atoms with Crippen LogP contribution in [0.15, 0.2) is 29.4 Å². The number of oxime groups is 1. The van der Waals surface area contributed by atoms with Gasteiger partial charge in [0.05, 0.1) is 13.7 Å². The standard InChI is InChI=1S/C13H18N3O4P/c1-4-15-21(17,19-5-2)20-16-13(10-14)11-6-8-12(18-3)9-7-11/h6-9H,4-5H2,1-3H3,(H,15,17)/b16-13+. The fourth-order valence-electron chi connectivity index (χ4n) is 1.44. The fraction of sp³-hybridized carbons (Fsp3) is 0.385. The van der Waals surface area contributed by atoms with Crippen LogP contribution in [0.3, 0.4) is 0 Å². The third-order valence-corrected chi connectivity index (χ3v) is 3.96. The Labute approximate surface area is 124 Å². The van der Waals surface area contributed by atoms with Crippen LogP contribution in [0.2, 0.25) is 0 Å². The van der Waals surface area contributed by atoms with Crippen LogP contribution in [0, 0.1) is 11.3 Å². The Balaban J connectivity index is 2.92. The fourth-order valence-corrected chi connectivity index (χ4v) is 2.56. The monoisotopic (exact) mass is 311 g/mol. The maximum atomic E-state index is 12.2. The van der Waals surface area contributed by atoms with E-state index in [2.05, 4.69) is 10.2 Å². The molecule has 1 unspecified atom stereocenters. The summed E-state index contributed by atoms with van der Waals surface area (Å²) in [5, 5.41) is 15.3. The molecule has 8 heteroatoms. The van der Waals surface area contributed by atoms with Gasteiger partial charge in [-0.2, -0.15) is 5.26 Å². The van der Waals surface area contributed by atoms with Crippen LogP contribution < -0.4 is 9.82 Å². The minimum atomic E-state index is -3.54. The number of hydrogen-bond donors (Lipinski definition) is 1. The lowest BCUT2D eigenvalue weighted by atomic mass is 10.1. The largest absolute Gasteiger partial charge is 0.497 e. The Morgan fingerprint density at radius 2 is 2.05 bits per heavy atom. The molecule has 0 saturated carbocycles. The van der Waals surface area contributed by atoms with Crippen molar-refractivity contribution in [2.45, 2.75) is 13.8 Å². The first-order chi connectivity index (χ1) is 10.1. The number of ether oxygens (including phenoxy) is 1. The van der Waals surface area contributed by atoms with Gasteiger partial charge in [-0.25, -0.2) is 9.65 Å². The van der Waals surface area contributed by atoms with Crippen LogP contribution in [-0.4, -0.2) is 26.0 Å². The highest BCUT2D eigenvalue weighted by atomic mass is 31.2. The third kappa shape index (κ3) is 5.20. The second kappa shape index (κ2) is 8.42. The van der Waals surface area contributed by atoms with E-state index in [4.69, 9.17) is 19.1 Å². The van der Waals surface area contributed by atoms with Crippen molar-refractivity contribution in [3.63, 3.8) is 0 Å². The van der Waals surface area contributed by atoms with Crippen molar-refractivity contribution in [1.82, 2.24) is 5.09 Å². The summed E-state index contributed by atoms with van der Waals surface area (Å²) in [5.74, 6) is 0.657. The third-order valence-electron chi connectivity index (χ3n) is 2.36. The van der Waals surface area contributed by atoms with E-state index in [0.717, 1.165) is 0 Å². The van der Waals surface area contributed by atoms with Crippen molar-refractivity contribution in [1.29, 1.82) is 5.26 Å². The minimum absolute atomic E-state index is 0.00418. The minimum Gasteiger partial charge on any atom is -0.497 e. The van der Waals surface area contributed by atoms with E-state index in [1.165, 1.54) is 0 Å². The average Bonchev–Trinajstić information content (AvgIpc) is 2.49. The number of nitrogens with zero attached hydrogens (tertiary/aromatic N) is 2. The molecule has 0 aromatic heterocycles. The lowest BCUT2D eigenvalue weighted by molar-refractivity contribution is 0.210. The van der Waals surface area contributed by atoms with Crippen molar-refractivity contribution >= 4 is 13.5 Å². The SMILES string of the molecule is CCNP(=O)(OCC)O/N=C(\C#N)c1ccc(OC)cc1. The Bertz CT molecular complexity index is 556. The van der Waals surface area contributed by atoms with Gasteiger partial charge in [0, 0.05) is 12.1 Å². The molecule has 0 spiro atoms. The summed E-state index contributed by atoms with van der Waals surface area (Å²) in [4.78, 5) is 0. The zero-order valence-corrected chi connectivity index (χ0v) is 13.1. The van der Waals surface area contributed by atoms with Gasteiger partial charge in [0.2, 0.25) is 0 Å². The van der Waals surface area contributed by atoms with Crippen LogP contribution >= 0.6 is 7.75 Å². The Morgan fingerprint density at radius 1 is 1.38 bits per heavy atom. The normalized spacial score (nSPS) is 14.1. The molecule has 0 aliphatic rings. The molecule has 0 fully saturated rings. The van der Waals surface area contributed by atoms with Crippen LogP contribution in [0.25, 0.3) is 0 Å². The van der Waals surface area contributed by atoms with Gasteiger partial charge in [-0.1, -0.05) is 12.1 Å². The van der Waals surface area contributed by atoms with E-state index in [1.54, 1.807) is 45.2 Å². The van der Waals surface area contributed by atoms with E-state index < -0.39 is 7.75 Å². The number of rotatable bonds is 8. The first-order valence-corrected chi connectivity index (χ1v) is 7.93. The van der Waals surface area contributed by atoms with Crippen LogP contribution in [0.4, 0.5) is 0 Å². The smallest absolute Gasteiger partial charge is 0.478 e. The molecule has 1 N–H and O–H groups in total. The zero-order valence-electron chi connectivity index (χ0n) is 12.2. The molecule has 0 radical (unpaired) electrons. The van der Waals surface area contributed by atoms with Gasteiger partial charge in [0.1, 0.15) is 11.8 Å². The van der Waals surface area contributed by atoms with Gasteiger partial charge in [-0.3, -0.25) is 4.52 Å².